The Balaban J connectivity index is 1.86. The molecule has 0 saturated carbocycles. The number of carbonyl (C=O) groups is 2. The zero-order valence-electron chi connectivity index (χ0n) is 19.8. The summed E-state index contributed by atoms with van der Waals surface area (Å²) in [4.78, 5) is 29.4. The van der Waals surface area contributed by atoms with Crippen molar-refractivity contribution in [2.24, 2.45) is 0 Å². The van der Waals surface area contributed by atoms with Crippen molar-refractivity contribution < 1.29 is 22.4 Å². The zero-order valence-corrected chi connectivity index (χ0v) is 21.5. The molecular formula is C25H27FN4O4S2. The molecule has 0 radical (unpaired) electrons. The number of imidazole rings is 1. The fourth-order valence-corrected chi connectivity index (χ4v) is 4.41. The smallest absolute Gasteiger partial charge is 0.256 e. The lowest BCUT2D eigenvalue weighted by molar-refractivity contribution is -0.121. The van der Waals surface area contributed by atoms with E-state index in [1.165, 1.54) is 23.9 Å². The summed E-state index contributed by atoms with van der Waals surface area (Å²) in [5.74, 6) is -1.07. The van der Waals surface area contributed by atoms with Crippen LogP contribution in [0.1, 0.15) is 27.9 Å². The van der Waals surface area contributed by atoms with Crippen LogP contribution in [0.2, 0.25) is 0 Å². The van der Waals surface area contributed by atoms with Gasteiger partial charge >= 0.3 is 0 Å². The van der Waals surface area contributed by atoms with E-state index < -0.39 is 27.9 Å². The van der Waals surface area contributed by atoms with Crippen LogP contribution in [0.4, 0.5) is 4.39 Å². The number of thioether (sulfide) groups is 1. The predicted molar refractivity (Wildman–Crippen MR) is 140 cm³/mol. The maximum Gasteiger partial charge on any atom is 0.256 e. The van der Waals surface area contributed by atoms with E-state index in [-0.39, 0.29) is 12.2 Å². The lowest BCUT2D eigenvalue weighted by atomic mass is 10.0. The molecule has 11 heteroatoms. The molecule has 0 saturated heterocycles. The van der Waals surface area contributed by atoms with Crippen LogP contribution in [0.15, 0.2) is 67.3 Å². The third-order valence-electron chi connectivity index (χ3n) is 5.14. The van der Waals surface area contributed by atoms with Crippen LogP contribution >= 0.6 is 11.8 Å². The molecule has 0 aliphatic rings. The number of sulfonamides is 1. The molecule has 3 rings (SSSR count). The Morgan fingerprint density at radius 1 is 1.17 bits per heavy atom. The van der Waals surface area contributed by atoms with E-state index >= 15 is 0 Å². The number of benzene rings is 2. The Morgan fingerprint density at radius 2 is 1.92 bits per heavy atom. The monoisotopic (exact) mass is 530 g/mol. The van der Waals surface area contributed by atoms with Crippen molar-refractivity contribution in [3.63, 3.8) is 0 Å². The molecule has 2 amide bonds. The van der Waals surface area contributed by atoms with Crippen molar-refractivity contribution in [2.45, 2.75) is 19.0 Å². The molecule has 0 unspecified atom stereocenters. The first-order valence-corrected chi connectivity index (χ1v) is 14.3. The van der Waals surface area contributed by atoms with Crippen molar-refractivity contribution in [2.75, 3.05) is 18.3 Å². The van der Waals surface area contributed by atoms with Crippen LogP contribution in [-0.4, -0.2) is 54.1 Å². The van der Waals surface area contributed by atoms with Gasteiger partial charge in [0.15, 0.2) is 0 Å². The van der Waals surface area contributed by atoms with Gasteiger partial charge in [-0.05, 0) is 65.5 Å². The summed E-state index contributed by atoms with van der Waals surface area (Å²) in [6, 6.07) is 12.0. The van der Waals surface area contributed by atoms with E-state index in [1.807, 2.05) is 33.9 Å². The fourth-order valence-electron chi connectivity index (χ4n) is 3.43. The van der Waals surface area contributed by atoms with Crippen molar-refractivity contribution in [3.8, 4) is 0 Å². The van der Waals surface area contributed by atoms with E-state index in [4.69, 9.17) is 0 Å². The summed E-state index contributed by atoms with van der Waals surface area (Å²) in [7, 11) is -3.76. The standard InChI is InChI=1S/C25H27FN4O4S2/c1-35-13-10-23(25(32)29-36(2,33)34)28-24(31)20-5-3-4-18(14-20)15-21(16-30-12-11-27-17-30)19-6-8-22(26)9-7-19/h3-9,11-12,14-15,17,23H,10,13,16H2,1-2H3,(H,28,31)(H,29,32)/b21-15-/t23-/m0/s1. The molecule has 0 aliphatic heterocycles. The molecule has 0 aliphatic carbocycles. The maximum atomic E-state index is 13.5. The third-order valence-corrected chi connectivity index (χ3v) is 6.35. The maximum absolute atomic E-state index is 13.5. The highest BCUT2D eigenvalue weighted by Gasteiger charge is 2.23. The fraction of sp³-hybridized carbons (Fsp3) is 0.240. The van der Waals surface area contributed by atoms with Gasteiger partial charge in [-0.15, -0.1) is 0 Å². The highest BCUT2D eigenvalue weighted by atomic mass is 32.2. The van der Waals surface area contributed by atoms with E-state index in [1.54, 1.807) is 42.9 Å². The number of hydrogen-bond donors (Lipinski definition) is 2. The Morgan fingerprint density at radius 3 is 2.56 bits per heavy atom. The van der Waals surface area contributed by atoms with Crippen LogP contribution < -0.4 is 10.0 Å². The lowest BCUT2D eigenvalue weighted by Crippen LogP contribution is -2.48. The lowest BCUT2D eigenvalue weighted by Gasteiger charge is -2.17. The number of nitrogens with one attached hydrogen (secondary N) is 2. The number of halogens is 1. The van der Waals surface area contributed by atoms with Gasteiger partial charge in [0.05, 0.1) is 12.6 Å². The van der Waals surface area contributed by atoms with Gasteiger partial charge < -0.3 is 9.88 Å². The van der Waals surface area contributed by atoms with Crippen molar-refractivity contribution in [1.29, 1.82) is 0 Å². The molecule has 36 heavy (non-hydrogen) atoms. The highest BCUT2D eigenvalue weighted by molar-refractivity contribution is 7.98. The number of rotatable bonds is 11. The summed E-state index contributed by atoms with van der Waals surface area (Å²) < 4.78 is 40.3. The minimum atomic E-state index is -3.76. The van der Waals surface area contributed by atoms with Crippen molar-refractivity contribution >= 4 is 45.2 Å². The summed E-state index contributed by atoms with van der Waals surface area (Å²) in [5, 5.41) is 2.64. The Hall–Kier alpha value is -3.44. The van der Waals surface area contributed by atoms with Crippen LogP contribution in [0, 0.1) is 5.82 Å². The van der Waals surface area contributed by atoms with Gasteiger partial charge in [0.25, 0.3) is 11.8 Å². The first-order valence-electron chi connectivity index (χ1n) is 11.0. The molecule has 0 fully saturated rings. The van der Waals surface area contributed by atoms with E-state index in [9.17, 15) is 22.4 Å². The average molecular weight is 531 g/mol. The molecule has 8 nitrogen and oxygen atoms in total. The average Bonchev–Trinajstić information content (AvgIpc) is 3.34. The van der Waals surface area contributed by atoms with Gasteiger partial charge in [-0.1, -0.05) is 24.3 Å². The van der Waals surface area contributed by atoms with Crippen molar-refractivity contribution in [1.82, 2.24) is 19.6 Å². The number of carbonyl (C=O) groups excluding carboxylic acids is 2. The molecule has 0 bridgehead atoms. The number of aromatic nitrogens is 2. The molecule has 2 aromatic carbocycles. The van der Waals surface area contributed by atoms with E-state index in [2.05, 4.69) is 10.3 Å². The SMILES string of the molecule is CSCC[C@H](NC(=O)c1cccc(/C=C(/Cn2ccnc2)c2ccc(F)cc2)c1)C(=O)NS(C)(=O)=O. The largest absolute Gasteiger partial charge is 0.340 e. The van der Waals surface area contributed by atoms with Gasteiger partial charge in [-0.2, -0.15) is 11.8 Å². The summed E-state index contributed by atoms with van der Waals surface area (Å²) in [6.07, 6.45) is 10.1. The predicted octanol–water partition coefficient (Wildman–Crippen LogP) is 3.19. The van der Waals surface area contributed by atoms with Gasteiger partial charge in [-0.25, -0.2) is 17.8 Å². The molecule has 0 spiro atoms. The van der Waals surface area contributed by atoms with Crippen LogP contribution in [0.25, 0.3) is 11.6 Å². The molecule has 1 aromatic heterocycles. The quantitative estimate of drug-likeness (QED) is 0.369. The van der Waals surface area contributed by atoms with Gasteiger partial charge in [0.2, 0.25) is 10.0 Å². The molecular weight excluding hydrogens is 503 g/mol. The van der Waals surface area contributed by atoms with E-state index in [0.717, 1.165) is 23.0 Å². The molecule has 190 valence electrons. The number of hydrogen-bond acceptors (Lipinski definition) is 6. The number of allylic oxidation sites excluding steroid dienone is 1. The van der Waals surface area contributed by atoms with E-state index in [0.29, 0.717) is 17.9 Å². The zero-order chi connectivity index (χ0) is 26.1. The first-order chi connectivity index (χ1) is 17.1. The topological polar surface area (TPSA) is 110 Å². The molecule has 2 N–H and O–H groups in total. The van der Waals surface area contributed by atoms with Gasteiger partial charge in [0.1, 0.15) is 11.9 Å². The van der Waals surface area contributed by atoms with Crippen LogP contribution in [-0.2, 0) is 21.4 Å². The minimum absolute atomic E-state index is 0.271. The Bertz CT molecular complexity index is 1320. The van der Waals surface area contributed by atoms with Gasteiger partial charge in [-0.3, -0.25) is 14.3 Å². The van der Waals surface area contributed by atoms with Gasteiger partial charge in [0, 0.05) is 24.5 Å². The summed E-state index contributed by atoms with van der Waals surface area (Å²) >= 11 is 1.48. The second-order valence-electron chi connectivity index (χ2n) is 8.08. The normalized spacial score (nSPS) is 12.7. The van der Waals surface area contributed by atoms with Crippen LogP contribution in [0.3, 0.4) is 0 Å². The molecule has 3 aromatic rings. The molecule has 1 heterocycles. The van der Waals surface area contributed by atoms with Crippen molar-refractivity contribution in [3.05, 3.63) is 89.8 Å². The Kier molecular flexibility index (Phi) is 9.43. The third kappa shape index (κ3) is 8.35. The molecule has 1 atom stereocenters. The second-order valence-corrected chi connectivity index (χ2v) is 10.8. The number of amides is 2. The van der Waals surface area contributed by atoms with Crippen LogP contribution in [0.5, 0.6) is 0 Å². The Labute approximate surface area is 214 Å². The highest BCUT2D eigenvalue weighted by Crippen LogP contribution is 2.22. The number of nitrogens with zero attached hydrogens (tertiary/aromatic N) is 2. The minimum Gasteiger partial charge on any atom is -0.340 e. The first kappa shape index (κ1) is 27.2. The summed E-state index contributed by atoms with van der Waals surface area (Å²) in [6.45, 7) is 0.477. The second kappa shape index (κ2) is 12.5. The summed E-state index contributed by atoms with van der Waals surface area (Å²) in [5.41, 5.74) is 2.72.